The molecule has 1 aromatic carbocycles. The van der Waals surface area contributed by atoms with Gasteiger partial charge in [-0.2, -0.15) is 13.2 Å². The lowest BCUT2D eigenvalue weighted by atomic mass is 10.1. The number of rotatable bonds is 3. The standard InChI is InChI=1S/C12H12F3NO2/c13-12(14,15)9-3-1-2-8(6-9)10(18)16-11(7-17)4-5-11/h1-3,6,17H,4-5,7H2,(H,16,18). The van der Waals surface area contributed by atoms with Gasteiger partial charge in [0.25, 0.3) is 5.91 Å². The highest BCUT2D eigenvalue weighted by molar-refractivity contribution is 5.95. The molecule has 0 radical (unpaired) electrons. The second-order valence-electron chi connectivity index (χ2n) is 4.47. The van der Waals surface area contributed by atoms with Gasteiger partial charge in [0.2, 0.25) is 0 Å². The highest BCUT2D eigenvalue weighted by Crippen LogP contribution is 2.35. The zero-order valence-corrected chi connectivity index (χ0v) is 9.42. The van der Waals surface area contributed by atoms with Crippen LogP contribution in [0.5, 0.6) is 0 Å². The number of alkyl halides is 3. The molecule has 0 saturated heterocycles. The normalized spacial score (nSPS) is 17.3. The average Bonchev–Trinajstić information content (AvgIpc) is 3.08. The first-order valence-electron chi connectivity index (χ1n) is 5.47. The molecular formula is C12H12F3NO2. The Morgan fingerprint density at radius 3 is 2.56 bits per heavy atom. The zero-order chi connectivity index (χ0) is 13.4. The lowest BCUT2D eigenvalue weighted by Gasteiger charge is -2.15. The van der Waals surface area contributed by atoms with Gasteiger partial charge in [-0.25, -0.2) is 0 Å². The maximum atomic E-state index is 12.5. The molecular weight excluding hydrogens is 247 g/mol. The van der Waals surface area contributed by atoms with Crippen LogP contribution in [0.2, 0.25) is 0 Å². The van der Waals surface area contributed by atoms with E-state index in [1.807, 2.05) is 0 Å². The highest BCUT2D eigenvalue weighted by atomic mass is 19.4. The van der Waals surface area contributed by atoms with Crippen molar-refractivity contribution >= 4 is 5.91 Å². The minimum absolute atomic E-state index is 0.0513. The van der Waals surface area contributed by atoms with E-state index in [0.717, 1.165) is 12.1 Å². The summed E-state index contributed by atoms with van der Waals surface area (Å²) in [4.78, 5) is 11.7. The van der Waals surface area contributed by atoms with Crippen LogP contribution in [0.15, 0.2) is 24.3 Å². The number of carbonyl (C=O) groups is 1. The van der Waals surface area contributed by atoms with Gasteiger partial charge in [0.15, 0.2) is 0 Å². The summed E-state index contributed by atoms with van der Waals surface area (Å²) in [6, 6.07) is 4.23. The van der Waals surface area contributed by atoms with Crippen molar-refractivity contribution in [3.63, 3.8) is 0 Å². The largest absolute Gasteiger partial charge is 0.416 e. The van der Waals surface area contributed by atoms with E-state index >= 15 is 0 Å². The second-order valence-corrected chi connectivity index (χ2v) is 4.47. The highest BCUT2D eigenvalue weighted by Gasteiger charge is 2.43. The van der Waals surface area contributed by atoms with Crippen LogP contribution < -0.4 is 5.32 Å². The summed E-state index contributed by atoms with van der Waals surface area (Å²) in [7, 11) is 0. The van der Waals surface area contributed by atoms with E-state index in [0.29, 0.717) is 12.8 Å². The fraction of sp³-hybridized carbons (Fsp3) is 0.417. The van der Waals surface area contributed by atoms with Crippen LogP contribution >= 0.6 is 0 Å². The van der Waals surface area contributed by atoms with Crippen molar-refractivity contribution in [1.29, 1.82) is 0 Å². The van der Waals surface area contributed by atoms with E-state index in [1.165, 1.54) is 12.1 Å². The lowest BCUT2D eigenvalue weighted by Crippen LogP contribution is -2.39. The summed E-state index contributed by atoms with van der Waals surface area (Å²) in [5.41, 5.74) is -1.54. The number of amides is 1. The number of hydrogen-bond donors (Lipinski definition) is 2. The summed E-state index contributed by atoms with van der Waals surface area (Å²) >= 11 is 0. The van der Waals surface area contributed by atoms with Gasteiger partial charge in [0.05, 0.1) is 17.7 Å². The number of nitrogens with one attached hydrogen (secondary N) is 1. The van der Waals surface area contributed by atoms with Crippen LogP contribution in [0, 0.1) is 0 Å². The van der Waals surface area contributed by atoms with E-state index in [9.17, 15) is 18.0 Å². The molecule has 2 N–H and O–H groups in total. The van der Waals surface area contributed by atoms with Gasteiger partial charge in [-0.05, 0) is 31.0 Å². The topological polar surface area (TPSA) is 49.3 Å². The molecule has 0 heterocycles. The Kier molecular flexibility index (Phi) is 3.06. The first-order valence-corrected chi connectivity index (χ1v) is 5.47. The second kappa shape index (κ2) is 4.28. The molecule has 1 aliphatic carbocycles. The van der Waals surface area contributed by atoms with Gasteiger partial charge in [-0.3, -0.25) is 4.79 Å². The summed E-state index contributed by atoms with van der Waals surface area (Å²) in [6.07, 6.45) is -3.17. The van der Waals surface area contributed by atoms with Crippen molar-refractivity contribution in [2.24, 2.45) is 0 Å². The molecule has 0 spiro atoms. The van der Waals surface area contributed by atoms with Crippen molar-refractivity contribution in [3.05, 3.63) is 35.4 Å². The van der Waals surface area contributed by atoms with E-state index in [4.69, 9.17) is 5.11 Å². The third-order valence-corrected chi connectivity index (χ3v) is 2.99. The van der Waals surface area contributed by atoms with Crippen molar-refractivity contribution in [3.8, 4) is 0 Å². The Hall–Kier alpha value is -1.56. The predicted octanol–water partition coefficient (Wildman–Crippen LogP) is 1.96. The number of carbonyl (C=O) groups excluding carboxylic acids is 1. The summed E-state index contributed by atoms with van der Waals surface area (Å²) in [5, 5.41) is 11.6. The number of aliphatic hydroxyl groups excluding tert-OH is 1. The van der Waals surface area contributed by atoms with Gasteiger partial charge < -0.3 is 10.4 Å². The zero-order valence-electron chi connectivity index (χ0n) is 9.42. The van der Waals surface area contributed by atoms with Crippen molar-refractivity contribution < 1.29 is 23.1 Å². The van der Waals surface area contributed by atoms with E-state index in [1.54, 1.807) is 0 Å². The van der Waals surface area contributed by atoms with Crippen molar-refractivity contribution in [2.45, 2.75) is 24.6 Å². The molecule has 18 heavy (non-hydrogen) atoms. The van der Waals surface area contributed by atoms with Crippen LogP contribution in [0.4, 0.5) is 13.2 Å². The predicted molar refractivity (Wildman–Crippen MR) is 58.0 cm³/mol. The monoisotopic (exact) mass is 259 g/mol. The SMILES string of the molecule is O=C(NC1(CO)CC1)c1cccc(C(F)(F)F)c1. The Balaban J connectivity index is 2.16. The quantitative estimate of drug-likeness (QED) is 0.871. The maximum Gasteiger partial charge on any atom is 0.416 e. The molecule has 6 heteroatoms. The van der Waals surface area contributed by atoms with Crippen molar-refractivity contribution in [2.75, 3.05) is 6.61 Å². The summed E-state index contributed by atoms with van der Waals surface area (Å²) < 4.78 is 37.4. The molecule has 2 rings (SSSR count). The van der Waals surface area contributed by atoms with Crippen LogP contribution in [0.25, 0.3) is 0 Å². The minimum Gasteiger partial charge on any atom is -0.394 e. The molecule has 0 aromatic heterocycles. The fourth-order valence-corrected chi connectivity index (χ4v) is 1.62. The van der Waals surface area contributed by atoms with Crippen LogP contribution in [-0.2, 0) is 6.18 Å². The Bertz CT molecular complexity index is 467. The summed E-state index contributed by atoms with van der Waals surface area (Å²) in [6.45, 7) is -0.197. The summed E-state index contributed by atoms with van der Waals surface area (Å²) in [5.74, 6) is -0.590. The molecule has 1 amide bonds. The van der Waals surface area contributed by atoms with Gasteiger partial charge in [0.1, 0.15) is 0 Å². The average molecular weight is 259 g/mol. The van der Waals surface area contributed by atoms with Crippen LogP contribution in [-0.4, -0.2) is 23.2 Å². The lowest BCUT2D eigenvalue weighted by molar-refractivity contribution is -0.137. The van der Waals surface area contributed by atoms with E-state index < -0.39 is 23.2 Å². The first kappa shape index (κ1) is 12.9. The Labute approximate surface area is 102 Å². The number of halogens is 3. The first-order chi connectivity index (χ1) is 8.36. The third-order valence-electron chi connectivity index (χ3n) is 2.99. The molecule has 98 valence electrons. The van der Waals surface area contributed by atoms with Gasteiger partial charge >= 0.3 is 6.18 Å². The van der Waals surface area contributed by atoms with Crippen molar-refractivity contribution in [1.82, 2.24) is 5.32 Å². The van der Waals surface area contributed by atoms with Crippen LogP contribution in [0.1, 0.15) is 28.8 Å². The molecule has 0 unspecified atom stereocenters. The maximum absolute atomic E-state index is 12.5. The number of aliphatic hydroxyl groups is 1. The molecule has 0 bridgehead atoms. The smallest absolute Gasteiger partial charge is 0.394 e. The Morgan fingerprint density at radius 2 is 2.06 bits per heavy atom. The molecule has 0 aliphatic heterocycles. The number of hydrogen-bond acceptors (Lipinski definition) is 2. The molecule has 1 fully saturated rings. The molecule has 0 atom stereocenters. The minimum atomic E-state index is -4.47. The molecule has 3 nitrogen and oxygen atoms in total. The van der Waals surface area contributed by atoms with Gasteiger partial charge in [0, 0.05) is 5.56 Å². The fourth-order valence-electron chi connectivity index (χ4n) is 1.62. The number of benzene rings is 1. The third kappa shape index (κ3) is 2.64. The van der Waals surface area contributed by atoms with Gasteiger partial charge in [-0.15, -0.1) is 0 Å². The molecule has 1 aliphatic rings. The van der Waals surface area contributed by atoms with Crippen LogP contribution in [0.3, 0.4) is 0 Å². The molecule has 1 saturated carbocycles. The van der Waals surface area contributed by atoms with Gasteiger partial charge in [-0.1, -0.05) is 6.07 Å². The Morgan fingerprint density at radius 1 is 1.39 bits per heavy atom. The van der Waals surface area contributed by atoms with E-state index in [-0.39, 0.29) is 12.2 Å². The molecule has 1 aromatic rings. The van der Waals surface area contributed by atoms with E-state index in [2.05, 4.69) is 5.32 Å².